The van der Waals surface area contributed by atoms with Crippen LogP contribution in [0.15, 0.2) is 6.20 Å². The zero-order valence-electron chi connectivity index (χ0n) is 16.4. The van der Waals surface area contributed by atoms with Crippen LogP contribution in [0.4, 0.5) is 10.3 Å². The molecule has 0 aromatic carbocycles. The summed E-state index contributed by atoms with van der Waals surface area (Å²) in [7, 11) is 0. The van der Waals surface area contributed by atoms with E-state index in [1.165, 1.54) is 17.5 Å². The minimum absolute atomic E-state index is 0.217. The number of imidazole rings is 1. The van der Waals surface area contributed by atoms with Crippen LogP contribution >= 0.6 is 11.3 Å². The quantitative estimate of drug-likeness (QED) is 0.692. The molecule has 1 fully saturated rings. The van der Waals surface area contributed by atoms with Gasteiger partial charge in [-0.3, -0.25) is 0 Å². The fraction of sp³-hybridized carbons (Fsp3) is 0.526. The molecule has 2 atom stereocenters. The maximum atomic E-state index is 14.6. The van der Waals surface area contributed by atoms with Gasteiger partial charge in [0.2, 0.25) is 5.95 Å². The van der Waals surface area contributed by atoms with E-state index < -0.39 is 11.9 Å². The van der Waals surface area contributed by atoms with Crippen molar-refractivity contribution in [3.8, 4) is 10.6 Å². The first-order valence-corrected chi connectivity index (χ1v) is 10.2. The summed E-state index contributed by atoms with van der Waals surface area (Å²) in [5.41, 5.74) is 2.06. The molecule has 7 nitrogen and oxygen atoms in total. The lowest BCUT2D eigenvalue weighted by Gasteiger charge is -2.28. The van der Waals surface area contributed by atoms with Crippen LogP contribution in [-0.4, -0.2) is 50.0 Å². The highest BCUT2D eigenvalue weighted by Crippen LogP contribution is 2.39. The third-order valence-electron chi connectivity index (χ3n) is 5.05. The monoisotopic (exact) mass is 405 g/mol. The Morgan fingerprint density at radius 2 is 2.14 bits per heavy atom. The third-order valence-corrected chi connectivity index (χ3v) is 6.34. The second kappa shape index (κ2) is 7.38. The molecule has 0 radical (unpaired) electrons. The third kappa shape index (κ3) is 3.27. The summed E-state index contributed by atoms with van der Waals surface area (Å²) in [5, 5.41) is 13.2. The number of fused-ring (bicyclic) bond motifs is 1. The molecule has 3 aromatic heterocycles. The molecule has 0 saturated carbocycles. The average molecular weight is 405 g/mol. The molecule has 0 bridgehead atoms. The van der Waals surface area contributed by atoms with E-state index in [0.717, 1.165) is 26.6 Å². The summed E-state index contributed by atoms with van der Waals surface area (Å²) in [6.07, 6.45) is 1.17. The first kappa shape index (κ1) is 19.2. The topological polar surface area (TPSA) is 85.1 Å². The summed E-state index contributed by atoms with van der Waals surface area (Å²) in [6.45, 7) is 8.97. The molecule has 1 saturated heterocycles. The number of rotatable bonds is 4. The van der Waals surface area contributed by atoms with E-state index in [1.807, 2.05) is 13.8 Å². The lowest BCUT2D eigenvalue weighted by molar-refractivity contribution is -0.0136. The van der Waals surface area contributed by atoms with Gasteiger partial charge in [-0.1, -0.05) is 0 Å². The van der Waals surface area contributed by atoms with Crippen LogP contribution in [-0.2, 0) is 4.74 Å². The van der Waals surface area contributed by atoms with Gasteiger partial charge < -0.3 is 19.7 Å². The highest BCUT2D eigenvalue weighted by Gasteiger charge is 2.26. The normalized spacial score (nSPS) is 20.2. The molecule has 0 unspecified atom stereocenters. The van der Waals surface area contributed by atoms with Gasteiger partial charge in [-0.2, -0.15) is 0 Å². The van der Waals surface area contributed by atoms with E-state index in [2.05, 4.69) is 38.7 Å². The smallest absolute Gasteiger partial charge is 0.223 e. The fourth-order valence-corrected chi connectivity index (χ4v) is 5.05. The van der Waals surface area contributed by atoms with Crippen LogP contribution in [0.5, 0.6) is 0 Å². The Morgan fingerprint density at radius 1 is 1.36 bits per heavy atom. The van der Waals surface area contributed by atoms with Crippen molar-refractivity contribution in [1.82, 2.24) is 19.5 Å². The molecule has 150 valence electrons. The van der Waals surface area contributed by atoms with Crippen molar-refractivity contribution in [2.75, 3.05) is 18.5 Å². The summed E-state index contributed by atoms with van der Waals surface area (Å²) < 4.78 is 22.0. The molecule has 4 heterocycles. The van der Waals surface area contributed by atoms with Crippen LogP contribution in [0, 0.1) is 19.7 Å². The second-order valence-electron chi connectivity index (χ2n) is 7.40. The van der Waals surface area contributed by atoms with E-state index in [1.54, 1.807) is 0 Å². The minimum Gasteiger partial charge on any atom is -0.389 e. The van der Waals surface area contributed by atoms with Crippen LogP contribution in [0.25, 0.3) is 20.9 Å². The van der Waals surface area contributed by atoms with Gasteiger partial charge in [0.1, 0.15) is 21.9 Å². The Kier molecular flexibility index (Phi) is 5.07. The maximum absolute atomic E-state index is 14.6. The number of thiophene rings is 1. The molecule has 0 aliphatic carbocycles. The number of ether oxygens (including phenoxy) is 1. The molecule has 28 heavy (non-hydrogen) atoms. The molecule has 4 rings (SSSR count). The molecule has 3 aromatic rings. The first-order chi connectivity index (χ1) is 13.4. The molecule has 0 amide bonds. The van der Waals surface area contributed by atoms with Crippen molar-refractivity contribution < 1.29 is 14.2 Å². The van der Waals surface area contributed by atoms with Crippen molar-refractivity contribution in [2.45, 2.75) is 52.3 Å². The van der Waals surface area contributed by atoms with Crippen molar-refractivity contribution in [3.05, 3.63) is 23.4 Å². The standard InChI is InChI=1S/C19H24FN5O2S/c1-9(2)25-11(4)22-15-10(3)17(28-18(15)25)16-12(20)7-21-19(24-16)23-13-5-6-27-8-14(13)26/h7,9,13-14,26H,5-6,8H2,1-4H3,(H,21,23,24)/t13-,14-/m1/s1. The zero-order valence-corrected chi connectivity index (χ0v) is 17.2. The van der Waals surface area contributed by atoms with Gasteiger partial charge in [0.25, 0.3) is 0 Å². The summed E-state index contributed by atoms with van der Waals surface area (Å²) in [4.78, 5) is 14.9. The lowest BCUT2D eigenvalue weighted by Crippen LogP contribution is -2.42. The molecular weight excluding hydrogens is 381 g/mol. The summed E-state index contributed by atoms with van der Waals surface area (Å²) in [5.74, 6) is 0.776. The number of halogens is 1. The molecule has 0 spiro atoms. The van der Waals surface area contributed by atoms with Gasteiger partial charge in [-0.05, 0) is 39.7 Å². The number of nitrogens with one attached hydrogen (secondary N) is 1. The van der Waals surface area contributed by atoms with Gasteiger partial charge in [0, 0.05) is 12.6 Å². The number of nitrogens with zero attached hydrogens (tertiary/aromatic N) is 4. The number of aryl methyl sites for hydroxylation is 2. The van der Waals surface area contributed by atoms with Crippen LogP contribution in [0.1, 0.15) is 37.7 Å². The van der Waals surface area contributed by atoms with Crippen LogP contribution in [0.2, 0.25) is 0 Å². The van der Waals surface area contributed by atoms with Crippen molar-refractivity contribution >= 4 is 27.6 Å². The molecule has 1 aliphatic heterocycles. The molecule has 9 heteroatoms. The molecule has 1 aliphatic rings. The van der Waals surface area contributed by atoms with Gasteiger partial charge >= 0.3 is 0 Å². The van der Waals surface area contributed by atoms with Crippen LogP contribution in [0.3, 0.4) is 0 Å². The lowest BCUT2D eigenvalue weighted by atomic mass is 10.1. The van der Waals surface area contributed by atoms with E-state index in [0.29, 0.717) is 19.0 Å². The maximum Gasteiger partial charge on any atom is 0.223 e. The van der Waals surface area contributed by atoms with Crippen LogP contribution < -0.4 is 5.32 Å². The Morgan fingerprint density at radius 3 is 2.86 bits per heavy atom. The zero-order chi connectivity index (χ0) is 20.0. The second-order valence-corrected chi connectivity index (χ2v) is 8.40. The Labute approximate surface area is 166 Å². The SMILES string of the molecule is Cc1c(-c2nc(N[C@@H]3CCOC[C@H]3O)ncc2F)sc2c1nc(C)n2C(C)C. The van der Waals surface area contributed by atoms with Gasteiger partial charge in [0.05, 0.1) is 29.8 Å². The number of anilines is 1. The largest absolute Gasteiger partial charge is 0.389 e. The van der Waals surface area contributed by atoms with E-state index in [4.69, 9.17) is 4.74 Å². The predicted octanol–water partition coefficient (Wildman–Crippen LogP) is 3.45. The number of hydrogen-bond acceptors (Lipinski definition) is 7. The number of aliphatic hydroxyl groups is 1. The predicted molar refractivity (Wildman–Crippen MR) is 107 cm³/mol. The summed E-state index contributed by atoms with van der Waals surface area (Å²) >= 11 is 1.50. The van der Waals surface area contributed by atoms with Gasteiger partial charge in [-0.25, -0.2) is 19.3 Å². The Hall–Kier alpha value is -2.10. The average Bonchev–Trinajstić information content (AvgIpc) is 3.13. The number of aromatic nitrogens is 4. The Balaban J connectivity index is 1.73. The van der Waals surface area contributed by atoms with E-state index in [9.17, 15) is 9.50 Å². The van der Waals surface area contributed by atoms with E-state index in [-0.39, 0.29) is 24.4 Å². The van der Waals surface area contributed by atoms with Gasteiger partial charge in [0.15, 0.2) is 5.82 Å². The molecular formula is C19H24FN5O2S. The fourth-order valence-electron chi connectivity index (χ4n) is 3.63. The van der Waals surface area contributed by atoms with Gasteiger partial charge in [-0.15, -0.1) is 11.3 Å². The van der Waals surface area contributed by atoms with Crippen molar-refractivity contribution in [1.29, 1.82) is 0 Å². The number of aliphatic hydroxyl groups excluding tert-OH is 1. The Bertz CT molecular complexity index is 1020. The first-order valence-electron chi connectivity index (χ1n) is 9.40. The highest BCUT2D eigenvalue weighted by molar-refractivity contribution is 7.22. The highest BCUT2D eigenvalue weighted by atomic mass is 32.1. The van der Waals surface area contributed by atoms with Crippen molar-refractivity contribution in [2.24, 2.45) is 0 Å². The van der Waals surface area contributed by atoms with E-state index >= 15 is 0 Å². The van der Waals surface area contributed by atoms with Crippen molar-refractivity contribution in [3.63, 3.8) is 0 Å². The minimum atomic E-state index is -0.643. The summed E-state index contributed by atoms with van der Waals surface area (Å²) in [6, 6.07) is 0.0450. The molecule has 2 N–H and O–H groups in total. The number of hydrogen-bond donors (Lipinski definition) is 2.